The molecule has 0 bridgehead atoms. The summed E-state index contributed by atoms with van der Waals surface area (Å²) >= 11 is 0. The van der Waals surface area contributed by atoms with E-state index in [9.17, 15) is 4.79 Å². The van der Waals surface area contributed by atoms with Gasteiger partial charge in [-0.15, -0.1) is 0 Å². The van der Waals surface area contributed by atoms with E-state index < -0.39 is 0 Å². The number of ketones is 1. The Kier molecular flexibility index (Phi) is 4.59. The lowest BCUT2D eigenvalue weighted by atomic mass is 10.1. The van der Waals surface area contributed by atoms with E-state index in [2.05, 4.69) is 16.7 Å². The zero-order valence-electron chi connectivity index (χ0n) is 15.4. The third-order valence-electron chi connectivity index (χ3n) is 4.77. The number of carbonyl (C=O) groups is 1. The normalized spacial score (nSPS) is 12.2. The molecule has 0 radical (unpaired) electrons. The van der Waals surface area contributed by atoms with Gasteiger partial charge < -0.3 is 18.8 Å². The Morgan fingerprint density at radius 3 is 2.63 bits per heavy atom. The smallest absolute Gasteiger partial charge is 0.231 e. The van der Waals surface area contributed by atoms with E-state index in [1.54, 1.807) is 18.2 Å². The summed E-state index contributed by atoms with van der Waals surface area (Å²) in [6.45, 7) is 4.93. The summed E-state index contributed by atoms with van der Waals surface area (Å²) < 4.78 is 18.4. The van der Waals surface area contributed by atoms with Crippen LogP contribution in [0.1, 0.15) is 27.3 Å². The minimum Gasteiger partial charge on any atom is -0.485 e. The van der Waals surface area contributed by atoms with Crippen LogP contribution < -0.4 is 14.2 Å². The van der Waals surface area contributed by atoms with Gasteiger partial charge in [-0.2, -0.15) is 0 Å². The molecule has 0 fully saturated rings. The largest absolute Gasteiger partial charge is 0.485 e. The maximum Gasteiger partial charge on any atom is 0.231 e. The van der Waals surface area contributed by atoms with Gasteiger partial charge >= 0.3 is 0 Å². The van der Waals surface area contributed by atoms with Crippen LogP contribution in [0.5, 0.6) is 17.2 Å². The molecule has 0 atom stereocenters. The molecule has 0 saturated heterocycles. The average molecular weight is 363 g/mol. The van der Waals surface area contributed by atoms with E-state index in [0.717, 1.165) is 17.9 Å². The van der Waals surface area contributed by atoms with Gasteiger partial charge in [-0.05, 0) is 37.6 Å². The zero-order valence-corrected chi connectivity index (χ0v) is 15.4. The average Bonchev–Trinajstić information content (AvgIpc) is 3.26. The predicted octanol–water partition coefficient (Wildman–Crippen LogP) is 4.14. The fraction of sp³-hybridized carbons (Fsp3) is 0.227. The summed E-state index contributed by atoms with van der Waals surface area (Å²) in [7, 11) is 0. The van der Waals surface area contributed by atoms with Gasteiger partial charge in [0.1, 0.15) is 5.75 Å². The van der Waals surface area contributed by atoms with Crippen molar-refractivity contribution in [3.8, 4) is 17.2 Å². The van der Waals surface area contributed by atoms with E-state index in [1.165, 1.54) is 5.56 Å². The Labute approximate surface area is 158 Å². The quantitative estimate of drug-likeness (QED) is 0.618. The SMILES string of the molecule is Cc1cc(C(=O)COc2ccc3c(c2)OCO3)c(C)n1Cc1ccccc1. The standard InChI is InChI=1S/C22H21NO4/c1-15-10-19(16(2)23(15)12-17-6-4-3-5-7-17)20(24)13-25-18-8-9-21-22(11-18)27-14-26-21/h3-11H,12-14H2,1-2H3. The topological polar surface area (TPSA) is 49.7 Å². The molecule has 1 aromatic heterocycles. The molecule has 0 unspecified atom stereocenters. The van der Waals surface area contributed by atoms with Gasteiger partial charge in [0.05, 0.1) is 0 Å². The molecule has 0 saturated carbocycles. The zero-order chi connectivity index (χ0) is 18.8. The molecule has 5 nitrogen and oxygen atoms in total. The molecular weight excluding hydrogens is 342 g/mol. The van der Waals surface area contributed by atoms with Crippen LogP contribution in [0.3, 0.4) is 0 Å². The second kappa shape index (κ2) is 7.19. The lowest BCUT2D eigenvalue weighted by Crippen LogP contribution is -2.13. The summed E-state index contributed by atoms with van der Waals surface area (Å²) in [6, 6.07) is 17.5. The lowest BCUT2D eigenvalue weighted by Gasteiger charge is -2.10. The molecule has 27 heavy (non-hydrogen) atoms. The molecule has 1 aliphatic rings. The fourth-order valence-electron chi connectivity index (χ4n) is 3.29. The maximum absolute atomic E-state index is 12.7. The van der Waals surface area contributed by atoms with Crippen molar-refractivity contribution in [1.29, 1.82) is 0 Å². The summed E-state index contributed by atoms with van der Waals surface area (Å²) in [5.41, 5.74) is 3.91. The third kappa shape index (κ3) is 3.53. The monoisotopic (exact) mass is 363 g/mol. The van der Waals surface area contributed by atoms with E-state index in [4.69, 9.17) is 14.2 Å². The van der Waals surface area contributed by atoms with Crippen LogP contribution in [0, 0.1) is 13.8 Å². The molecule has 5 heteroatoms. The van der Waals surface area contributed by atoms with Crippen molar-refractivity contribution in [3.63, 3.8) is 0 Å². The summed E-state index contributed by atoms with van der Waals surface area (Å²) in [6.07, 6.45) is 0. The van der Waals surface area contributed by atoms with Crippen molar-refractivity contribution < 1.29 is 19.0 Å². The van der Waals surface area contributed by atoms with Gasteiger partial charge in [-0.25, -0.2) is 0 Å². The van der Waals surface area contributed by atoms with Crippen molar-refractivity contribution >= 4 is 5.78 Å². The van der Waals surface area contributed by atoms with Crippen LogP contribution in [-0.4, -0.2) is 23.8 Å². The first-order valence-electron chi connectivity index (χ1n) is 8.88. The molecule has 2 heterocycles. The molecule has 4 rings (SSSR count). The number of Topliss-reactive ketones (excluding diaryl/α,β-unsaturated/α-hetero) is 1. The number of benzene rings is 2. The molecule has 1 aliphatic heterocycles. The molecular formula is C22H21NO4. The Morgan fingerprint density at radius 2 is 1.81 bits per heavy atom. The van der Waals surface area contributed by atoms with Crippen molar-refractivity contribution in [2.24, 2.45) is 0 Å². The number of nitrogens with zero attached hydrogens (tertiary/aromatic N) is 1. The number of aryl methyl sites for hydroxylation is 1. The van der Waals surface area contributed by atoms with Gasteiger partial charge in [0.15, 0.2) is 18.1 Å². The summed E-state index contributed by atoms with van der Waals surface area (Å²) in [5.74, 6) is 1.88. The Balaban J connectivity index is 1.46. The van der Waals surface area contributed by atoms with Crippen molar-refractivity contribution in [2.45, 2.75) is 20.4 Å². The van der Waals surface area contributed by atoms with Crippen LogP contribution in [-0.2, 0) is 6.54 Å². The number of rotatable bonds is 6. The summed E-state index contributed by atoms with van der Waals surface area (Å²) in [5, 5.41) is 0. The number of hydrogen-bond donors (Lipinski definition) is 0. The molecule has 0 aliphatic carbocycles. The van der Waals surface area contributed by atoms with E-state index in [1.807, 2.05) is 38.1 Å². The van der Waals surface area contributed by atoms with E-state index >= 15 is 0 Å². The third-order valence-corrected chi connectivity index (χ3v) is 4.77. The van der Waals surface area contributed by atoms with Crippen molar-refractivity contribution in [3.05, 3.63) is 77.1 Å². The van der Waals surface area contributed by atoms with Crippen molar-refractivity contribution in [1.82, 2.24) is 4.57 Å². The first-order chi connectivity index (χ1) is 13.1. The van der Waals surface area contributed by atoms with E-state index in [-0.39, 0.29) is 19.2 Å². The van der Waals surface area contributed by atoms with Gasteiger partial charge in [0.25, 0.3) is 0 Å². The van der Waals surface area contributed by atoms with Crippen LogP contribution >= 0.6 is 0 Å². The molecule has 0 spiro atoms. The summed E-state index contributed by atoms with van der Waals surface area (Å²) in [4.78, 5) is 12.7. The Hall–Kier alpha value is -3.21. The minimum absolute atomic E-state index is 0.0186. The molecule has 0 amide bonds. The second-order valence-corrected chi connectivity index (χ2v) is 6.58. The number of ether oxygens (including phenoxy) is 3. The van der Waals surface area contributed by atoms with Crippen LogP contribution in [0.4, 0.5) is 0 Å². The molecule has 0 N–H and O–H groups in total. The number of fused-ring (bicyclic) bond motifs is 1. The molecule has 2 aromatic carbocycles. The van der Waals surface area contributed by atoms with Crippen LogP contribution in [0.15, 0.2) is 54.6 Å². The fourth-order valence-corrected chi connectivity index (χ4v) is 3.29. The lowest BCUT2D eigenvalue weighted by molar-refractivity contribution is 0.0920. The Morgan fingerprint density at radius 1 is 1.04 bits per heavy atom. The van der Waals surface area contributed by atoms with Gasteiger partial charge in [0.2, 0.25) is 12.6 Å². The minimum atomic E-state index is -0.0416. The number of hydrogen-bond acceptors (Lipinski definition) is 4. The molecule has 138 valence electrons. The highest BCUT2D eigenvalue weighted by Crippen LogP contribution is 2.35. The van der Waals surface area contributed by atoms with Crippen LogP contribution in [0.2, 0.25) is 0 Å². The predicted molar refractivity (Wildman–Crippen MR) is 102 cm³/mol. The van der Waals surface area contributed by atoms with Gasteiger partial charge in [0, 0.05) is 29.6 Å². The first kappa shape index (κ1) is 17.2. The highest BCUT2D eigenvalue weighted by Gasteiger charge is 2.18. The van der Waals surface area contributed by atoms with Crippen molar-refractivity contribution in [2.75, 3.05) is 13.4 Å². The number of carbonyl (C=O) groups excluding carboxylic acids is 1. The Bertz CT molecular complexity index is 975. The van der Waals surface area contributed by atoms with Gasteiger partial charge in [-0.1, -0.05) is 30.3 Å². The highest BCUT2D eigenvalue weighted by molar-refractivity contribution is 5.98. The number of aromatic nitrogens is 1. The van der Waals surface area contributed by atoms with E-state index in [0.29, 0.717) is 22.8 Å². The second-order valence-electron chi connectivity index (χ2n) is 6.58. The molecule has 3 aromatic rings. The van der Waals surface area contributed by atoms with Gasteiger partial charge in [-0.3, -0.25) is 4.79 Å². The van der Waals surface area contributed by atoms with Crippen LogP contribution in [0.25, 0.3) is 0 Å². The highest BCUT2D eigenvalue weighted by atomic mass is 16.7. The maximum atomic E-state index is 12.7. The first-order valence-corrected chi connectivity index (χ1v) is 8.88.